The van der Waals surface area contributed by atoms with Crippen molar-refractivity contribution in [2.24, 2.45) is 5.41 Å². The van der Waals surface area contributed by atoms with Gasteiger partial charge >= 0.3 is 5.97 Å². The van der Waals surface area contributed by atoms with Gasteiger partial charge in [0.05, 0.1) is 18.1 Å². The van der Waals surface area contributed by atoms with Crippen molar-refractivity contribution in [1.29, 1.82) is 0 Å². The van der Waals surface area contributed by atoms with Gasteiger partial charge in [0.2, 0.25) is 0 Å². The van der Waals surface area contributed by atoms with E-state index in [1.807, 2.05) is 13.8 Å². The highest BCUT2D eigenvalue weighted by Crippen LogP contribution is 2.32. The van der Waals surface area contributed by atoms with E-state index in [4.69, 9.17) is 4.74 Å². The Hall–Kier alpha value is -1.50. The lowest BCUT2D eigenvalue weighted by Crippen LogP contribution is -2.33. The molecular weight excluding hydrogens is 248 g/mol. The molecule has 0 aromatic carbocycles. The number of nitrogens with zero attached hydrogens (tertiary/aromatic N) is 4. The summed E-state index contributed by atoms with van der Waals surface area (Å²) in [6, 6.07) is 0. The summed E-state index contributed by atoms with van der Waals surface area (Å²) in [4.78, 5) is 11.3. The fourth-order valence-corrected chi connectivity index (χ4v) is 2.21. The lowest BCUT2D eigenvalue weighted by atomic mass is 9.88. The van der Waals surface area contributed by atoms with Gasteiger partial charge in [-0.15, -0.1) is 5.10 Å². The average molecular weight is 268 g/mol. The van der Waals surface area contributed by atoms with Gasteiger partial charge in [-0.3, -0.25) is 4.79 Å². The maximum atomic E-state index is 11.3. The third-order valence-corrected chi connectivity index (χ3v) is 3.87. The molecule has 1 aliphatic rings. The van der Waals surface area contributed by atoms with E-state index in [2.05, 4.69) is 15.5 Å². The van der Waals surface area contributed by atoms with Crippen LogP contribution in [-0.4, -0.2) is 37.4 Å². The molecule has 2 rings (SSSR count). The highest BCUT2D eigenvalue weighted by atomic mass is 16.5. The lowest BCUT2D eigenvalue weighted by molar-refractivity contribution is -0.149. The molecule has 0 spiro atoms. The van der Waals surface area contributed by atoms with Gasteiger partial charge < -0.3 is 9.84 Å². The fraction of sp³-hybridized carbons (Fsp3) is 0.833. The molecule has 3 unspecified atom stereocenters. The van der Waals surface area contributed by atoms with Gasteiger partial charge in [0.1, 0.15) is 6.10 Å². The first-order chi connectivity index (χ1) is 8.96. The molecule has 1 aromatic heterocycles. The quantitative estimate of drug-likeness (QED) is 0.868. The van der Waals surface area contributed by atoms with Crippen LogP contribution in [-0.2, 0) is 16.1 Å². The summed E-state index contributed by atoms with van der Waals surface area (Å²) in [5, 5.41) is 20.9. The second-order valence-electron chi connectivity index (χ2n) is 5.43. The monoisotopic (exact) mass is 268 g/mol. The van der Waals surface area contributed by atoms with Crippen LogP contribution in [0.5, 0.6) is 0 Å². The Morgan fingerprint density at radius 1 is 1.58 bits per heavy atom. The number of ether oxygens (including phenoxy) is 1. The van der Waals surface area contributed by atoms with Gasteiger partial charge in [0, 0.05) is 0 Å². The fourth-order valence-electron chi connectivity index (χ4n) is 2.21. The summed E-state index contributed by atoms with van der Waals surface area (Å²) in [6.45, 7) is 5.84. The van der Waals surface area contributed by atoms with Gasteiger partial charge in [-0.1, -0.05) is 6.92 Å². The van der Waals surface area contributed by atoms with Gasteiger partial charge in [0.25, 0.3) is 0 Å². The topological polar surface area (TPSA) is 90.1 Å². The molecule has 3 atom stereocenters. The third kappa shape index (κ3) is 2.75. The van der Waals surface area contributed by atoms with Crippen molar-refractivity contribution in [1.82, 2.24) is 20.2 Å². The molecule has 106 valence electrons. The van der Waals surface area contributed by atoms with Crippen molar-refractivity contribution in [3.63, 3.8) is 0 Å². The number of carboxylic acids is 1. The van der Waals surface area contributed by atoms with Gasteiger partial charge in [-0.2, -0.15) is 0 Å². The zero-order valence-corrected chi connectivity index (χ0v) is 11.5. The number of hydrogen-bond acceptors (Lipinski definition) is 5. The van der Waals surface area contributed by atoms with Crippen LogP contribution < -0.4 is 0 Å². The van der Waals surface area contributed by atoms with Crippen molar-refractivity contribution in [2.75, 3.05) is 0 Å². The number of carboxylic acid groups (broad SMARTS) is 1. The van der Waals surface area contributed by atoms with Gasteiger partial charge in [-0.05, 0) is 43.5 Å². The van der Waals surface area contributed by atoms with E-state index in [-0.39, 0.29) is 18.8 Å². The number of carbonyl (C=O) groups is 1. The molecule has 2 heterocycles. The van der Waals surface area contributed by atoms with Crippen LogP contribution in [0.2, 0.25) is 0 Å². The average Bonchev–Trinajstić information content (AvgIpc) is 2.97. The van der Waals surface area contributed by atoms with Crippen LogP contribution in [0.15, 0.2) is 0 Å². The first-order valence-corrected chi connectivity index (χ1v) is 6.61. The number of aromatic nitrogens is 4. The maximum Gasteiger partial charge on any atom is 0.311 e. The van der Waals surface area contributed by atoms with E-state index in [1.165, 1.54) is 0 Å². The Morgan fingerprint density at radius 3 is 2.84 bits per heavy atom. The van der Waals surface area contributed by atoms with Crippen molar-refractivity contribution in [3.8, 4) is 0 Å². The Morgan fingerprint density at radius 2 is 2.32 bits per heavy atom. The molecule has 19 heavy (non-hydrogen) atoms. The van der Waals surface area contributed by atoms with Gasteiger partial charge in [-0.25, -0.2) is 4.68 Å². The molecule has 7 nitrogen and oxygen atoms in total. The first kappa shape index (κ1) is 13.9. The van der Waals surface area contributed by atoms with Gasteiger partial charge in [0.15, 0.2) is 5.82 Å². The Bertz CT molecular complexity index is 462. The lowest BCUT2D eigenvalue weighted by Gasteiger charge is -2.23. The van der Waals surface area contributed by atoms with Crippen LogP contribution in [0.4, 0.5) is 0 Å². The number of tetrazole rings is 1. The zero-order chi connectivity index (χ0) is 14.0. The SMILES string of the molecule is CCC(C)(Cn1nnnc1C1CCC(C)O1)C(=O)O. The van der Waals surface area contributed by atoms with Crippen LogP contribution >= 0.6 is 0 Å². The molecule has 0 bridgehead atoms. The molecule has 0 aliphatic carbocycles. The first-order valence-electron chi connectivity index (χ1n) is 6.61. The van der Waals surface area contributed by atoms with Crippen molar-refractivity contribution in [2.45, 2.75) is 58.8 Å². The number of rotatable bonds is 5. The molecule has 1 N–H and O–H groups in total. The minimum atomic E-state index is -0.867. The summed E-state index contributed by atoms with van der Waals surface area (Å²) in [5.74, 6) is -0.206. The molecule has 1 fully saturated rings. The van der Waals surface area contributed by atoms with Crippen LogP contribution in [0, 0.1) is 5.41 Å². The van der Waals surface area contributed by atoms with Crippen molar-refractivity contribution >= 4 is 5.97 Å². The third-order valence-electron chi connectivity index (χ3n) is 3.87. The standard InChI is InChI=1S/C12H20N4O3/c1-4-12(3,11(17)18)7-16-10(13-14-15-16)9-6-5-8(2)19-9/h8-9H,4-7H2,1-3H3,(H,17,18). The molecule has 1 saturated heterocycles. The van der Waals surface area contributed by atoms with E-state index in [9.17, 15) is 9.90 Å². The predicted octanol–water partition coefficient (Wildman–Crippen LogP) is 1.41. The smallest absolute Gasteiger partial charge is 0.311 e. The van der Waals surface area contributed by atoms with Crippen LogP contribution in [0.25, 0.3) is 0 Å². The summed E-state index contributed by atoms with van der Waals surface area (Å²) in [7, 11) is 0. The Kier molecular flexibility index (Phi) is 3.84. The Labute approximate surface area is 111 Å². The molecule has 0 amide bonds. The van der Waals surface area contributed by atoms with Crippen LogP contribution in [0.1, 0.15) is 52.0 Å². The minimum Gasteiger partial charge on any atom is -0.481 e. The highest BCUT2D eigenvalue weighted by Gasteiger charge is 2.35. The highest BCUT2D eigenvalue weighted by molar-refractivity contribution is 5.73. The molecule has 0 saturated carbocycles. The second-order valence-corrected chi connectivity index (χ2v) is 5.43. The maximum absolute atomic E-state index is 11.3. The van der Waals surface area contributed by atoms with Crippen molar-refractivity contribution in [3.05, 3.63) is 5.82 Å². The molecular formula is C12H20N4O3. The molecule has 1 aliphatic heterocycles. The van der Waals surface area contributed by atoms with E-state index in [0.29, 0.717) is 12.2 Å². The molecule has 7 heteroatoms. The Balaban J connectivity index is 2.18. The summed E-state index contributed by atoms with van der Waals surface area (Å²) < 4.78 is 7.31. The van der Waals surface area contributed by atoms with Crippen molar-refractivity contribution < 1.29 is 14.6 Å². The van der Waals surface area contributed by atoms with E-state index >= 15 is 0 Å². The minimum absolute atomic E-state index is 0.125. The molecule has 0 radical (unpaired) electrons. The summed E-state index contributed by atoms with van der Waals surface area (Å²) in [6.07, 6.45) is 2.44. The normalized spacial score (nSPS) is 26.3. The van der Waals surface area contributed by atoms with E-state index in [0.717, 1.165) is 12.8 Å². The summed E-state index contributed by atoms with van der Waals surface area (Å²) in [5.41, 5.74) is -0.867. The predicted molar refractivity (Wildman–Crippen MR) is 66.4 cm³/mol. The zero-order valence-electron chi connectivity index (χ0n) is 11.5. The van der Waals surface area contributed by atoms with E-state index in [1.54, 1.807) is 11.6 Å². The second kappa shape index (κ2) is 5.24. The number of hydrogen-bond donors (Lipinski definition) is 1. The largest absolute Gasteiger partial charge is 0.481 e. The molecule has 1 aromatic rings. The number of aliphatic carboxylic acids is 1. The summed E-state index contributed by atoms with van der Waals surface area (Å²) >= 11 is 0. The van der Waals surface area contributed by atoms with E-state index < -0.39 is 11.4 Å². The van der Waals surface area contributed by atoms with Crippen LogP contribution in [0.3, 0.4) is 0 Å².